The van der Waals surface area contributed by atoms with E-state index in [4.69, 9.17) is 16.3 Å². The summed E-state index contributed by atoms with van der Waals surface area (Å²) in [5.41, 5.74) is 1.97. The molecule has 3 heterocycles. The molecular formula is C21H17ClN2O3S2. The van der Waals surface area contributed by atoms with Crippen LogP contribution in [0.4, 0.5) is 0 Å². The average molecular weight is 445 g/mol. The summed E-state index contributed by atoms with van der Waals surface area (Å²) in [6, 6.07) is 7.66. The van der Waals surface area contributed by atoms with Crippen molar-refractivity contribution in [3.05, 3.63) is 62.4 Å². The number of carbonyl (C=O) groups is 2. The summed E-state index contributed by atoms with van der Waals surface area (Å²) >= 11 is 9.36. The van der Waals surface area contributed by atoms with Gasteiger partial charge in [-0.1, -0.05) is 11.6 Å². The summed E-state index contributed by atoms with van der Waals surface area (Å²) in [4.78, 5) is 29.4. The van der Waals surface area contributed by atoms with Crippen LogP contribution in [0, 0.1) is 0 Å². The summed E-state index contributed by atoms with van der Waals surface area (Å²) in [6.07, 6.45) is 5.33. The molecule has 0 radical (unpaired) electrons. The van der Waals surface area contributed by atoms with E-state index in [1.807, 2.05) is 29.6 Å². The van der Waals surface area contributed by atoms with E-state index >= 15 is 0 Å². The third-order valence-electron chi connectivity index (χ3n) is 4.42. The highest BCUT2D eigenvalue weighted by Crippen LogP contribution is 2.41. The number of fused-ring (bicyclic) bond motifs is 1. The van der Waals surface area contributed by atoms with E-state index in [0.29, 0.717) is 23.7 Å². The minimum absolute atomic E-state index is 0.0524. The maximum Gasteiger partial charge on any atom is 0.244 e. The molecule has 5 nitrogen and oxygen atoms in total. The van der Waals surface area contributed by atoms with Crippen LogP contribution in [-0.4, -0.2) is 29.3 Å². The predicted octanol–water partition coefficient (Wildman–Crippen LogP) is 4.86. The quantitative estimate of drug-likeness (QED) is 0.435. The van der Waals surface area contributed by atoms with Gasteiger partial charge in [-0.05, 0) is 42.8 Å². The summed E-state index contributed by atoms with van der Waals surface area (Å²) in [5.74, 6) is 0.523. The Morgan fingerprint density at radius 1 is 1.38 bits per heavy atom. The van der Waals surface area contributed by atoms with Gasteiger partial charge in [-0.25, -0.2) is 4.98 Å². The molecule has 29 heavy (non-hydrogen) atoms. The molecule has 148 valence electrons. The second-order valence-corrected chi connectivity index (χ2v) is 8.98. The van der Waals surface area contributed by atoms with Gasteiger partial charge in [0, 0.05) is 34.5 Å². The first-order valence-corrected chi connectivity index (χ1v) is 11.0. The number of ether oxygens (including phenoxy) is 1. The second-order valence-electron chi connectivity index (χ2n) is 6.56. The Bertz CT molecular complexity index is 1090. The molecule has 4 rings (SSSR count). The maximum atomic E-state index is 12.0. The minimum atomic E-state index is -0.193. The van der Waals surface area contributed by atoms with Gasteiger partial charge in [-0.2, -0.15) is 0 Å². The number of nitrogens with zero attached hydrogens (tertiary/aromatic N) is 1. The molecule has 1 N–H and O–H groups in total. The molecule has 3 aromatic rings. The number of Topliss-reactive ketones (excluding diaryl/α,β-unsaturated/α-hetero) is 1. The standard InChI is InChI=1S/C21H17ClN2O3S2/c1-12(25)17-2-3-18(29-17)13-8-14-9-15(27-21(14)16(22)10-13)11-24-19(26)4-5-20-23-6-7-28-20/h2-8,10,15H,9,11H2,1H3,(H,24,26). The van der Waals surface area contributed by atoms with Crippen LogP contribution >= 0.6 is 34.3 Å². The van der Waals surface area contributed by atoms with Gasteiger partial charge in [0.05, 0.1) is 16.4 Å². The zero-order valence-corrected chi connectivity index (χ0v) is 17.9. The molecule has 0 fully saturated rings. The monoisotopic (exact) mass is 444 g/mol. The number of aromatic nitrogens is 1. The molecule has 1 amide bonds. The Morgan fingerprint density at radius 2 is 2.24 bits per heavy atom. The molecule has 8 heteroatoms. The Balaban J connectivity index is 1.40. The van der Waals surface area contributed by atoms with E-state index < -0.39 is 0 Å². The number of benzene rings is 1. The molecule has 1 aliphatic rings. The second kappa shape index (κ2) is 8.49. The normalized spacial score (nSPS) is 15.3. The molecule has 1 unspecified atom stereocenters. The first-order chi connectivity index (χ1) is 14.0. The number of rotatable bonds is 6. The van der Waals surface area contributed by atoms with Crippen LogP contribution in [0.3, 0.4) is 0 Å². The number of amides is 1. The highest BCUT2D eigenvalue weighted by molar-refractivity contribution is 7.17. The molecule has 1 atom stereocenters. The van der Waals surface area contributed by atoms with E-state index in [9.17, 15) is 9.59 Å². The van der Waals surface area contributed by atoms with Crippen LogP contribution in [-0.2, 0) is 11.2 Å². The lowest BCUT2D eigenvalue weighted by molar-refractivity contribution is -0.116. The van der Waals surface area contributed by atoms with E-state index in [0.717, 1.165) is 25.9 Å². The molecule has 0 bridgehead atoms. The molecule has 0 saturated carbocycles. The van der Waals surface area contributed by atoms with Gasteiger partial charge in [0.15, 0.2) is 5.78 Å². The van der Waals surface area contributed by atoms with Gasteiger partial charge >= 0.3 is 0 Å². The molecule has 0 saturated heterocycles. The number of thiophene rings is 1. The summed E-state index contributed by atoms with van der Waals surface area (Å²) in [7, 11) is 0. The van der Waals surface area contributed by atoms with Crippen LogP contribution in [0.25, 0.3) is 16.5 Å². The zero-order chi connectivity index (χ0) is 20.4. The lowest BCUT2D eigenvalue weighted by atomic mass is 10.1. The number of thiazole rings is 1. The van der Waals surface area contributed by atoms with Crippen molar-refractivity contribution in [2.75, 3.05) is 6.54 Å². The van der Waals surface area contributed by atoms with Gasteiger partial charge < -0.3 is 10.1 Å². The molecular weight excluding hydrogens is 428 g/mol. The van der Waals surface area contributed by atoms with Crippen molar-refractivity contribution in [3.63, 3.8) is 0 Å². The van der Waals surface area contributed by atoms with E-state index in [-0.39, 0.29) is 17.8 Å². The third kappa shape index (κ3) is 4.58. The lowest BCUT2D eigenvalue weighted by Crippen LogP contribution is -2.33. The fourth-order valence-corrected chi connectivity index (χ4v) is 4.76. The Morgan fingerprint density at radius 3 is 2.97 bits per heavy atom. The summed E-state index contributed by atoms with van der Waals surface area (Å²) in [6.45, 7) is 1.94. The van der Waals surface area contributed by atoms with Gasteiger partial charge in [-0.3, -0.25) is 9.59 Å². The van der Waals surface area contributed by atoms with Crippen molar-refractivity contribution >= 4 is 52.0 Å². The van der Waals surface area contributed by atoms with Gasteiger partial charge in [0.25, 0.3) is 0 Å². The maximum absolute atomic E-state index is 12.0. The van der Waals surface area contributed by atoms with Crippen molar-refractivity contribution in [1.82, 2.24) is 10.3 Å². The predicted molar refractivity (Wildman–Crippen MR) is 117 cm³/mol. The molecule has 0 spiro atoms. The first-order valence-electron chi connectivity index (χ1n) is 8.95. The van der Waals surface area contributed by atoms with Crippen LogP contribution < -0.4 is 10.1 Å². The van der Waals surface area contributed by atoms with Gasteiger partial charge in [0.2, 0.25) is 5.91 Å². The fraction of sp³-hybridized carbons (Fsp3) is 0.190. The van der Waals surface area contributed by atoms with Crippen molar-refractivity contribution in [1.29, 1.82) is 0 Å². The van der Waals surface area contributed by atoms with Crippen molar-refractivity contribution < 1.29 is 14.3 Å². The van der Waals surface area contributed by atoms with E-state index in [2.05, 4.69) is 10.3 Å². The number of ketones is 1. The summed E-state index contributed by atoms with van der Waals surface area (Å²) in [5, 5.41) is 6.03. The highest BCUT2D eigenvalue weighted by Gasteiger charge is 2.26. The Hall–Kier alpha value is -2.48. The molecule has 1 aliphatic heterocycles. The molecule has 0 aliphatic carbocycles. The van der Waals surface area contributed by atoms with Gasteiger partial charge in [0.1, 0.15) is 16.9 Å². The lowest BCUT2D eigenvalue weighted by Gasteiger charge is -2.11. The fourth-order valence-electron chi connectivity index (χ4n) is 3.06. The highest BCUT2D eigenvalue weighted by atomic mass is 35.5. The minimum Gasteiger partial charge on any atom is -0.486 e. The smallest absolute Gasteiger partial charge is 0.244 e. The van der Waals surface area contributed by atoms with Crippen LogP contribution in [0.1, 0.15) is 27.2 Å². The van der Waals surface area contributed by atoms with Crippen molar-refractivity contribution in [3.8, 4) is 16.2 Å². The van der Waals surface area contributed by atoms with E-state index in [1.165, 1.54) is 28.7 Å². The third-order valence-corrected chi connectivity index (χ3v) is 6.68. The number of nitrogens with one attached hydrogen (secondary N) is 1. The Labute approximate surface area is 181 Å². The van der Waals surface area contributed by atoms with E-state index in [1.54, 1.807) is 19.2 Å². The number of hydrogen-bond acceptors (Lipinski definition) is 6. The first kappa shape index (κ1) is 19.8. The Kier molecular flexibility index (Phi) is 5.80. The number of halogens is 1. The zero-order valence-electron chi connectivity index (χ0n) is 15.5. The molecule has 1 aromatic carbocycles. The topological polar surface area (TPSA) is 68.3 Å². The van der Waals surface area contributed by atoms with Gasteiger partial charge in [-0.15, -0.1) is 22.7 Å². The summed E-state index contributed by atoms with van der Waals surface area (Å²) < 4.78 is 5.94. The van der Waals surface area contributed by atoms with Crippen LogP contribution in [0.2, 0.25) is 5.02 Å². The van der Waals surface area contributed by atoms with Crippen LogP contribution in [0.15, 0.2) is 41.9 Å². The number of hydrogen-bond donors (Lipinski definition) is 1. The largest absolute Gasteiger partial charge is 0.486 e. The SMILES string of the molecule is CC(=O)c1ccc(-c2cc(Cl)c3c(c2)CC(CNC(=O)C=Cc2nccs2)O3)s1. The van der Waals surface area contributed by atoms with Crippen molar-refractivity contribution in [2.45, 2.75) is 19.4 Å². The molecule has 2 aromatic heterocycles. The average Bonchev–Trinajstić information content (AvgIpc) is 3.44. The van der Waals surface area contributed by atoms with Crippen LogP contribution in [0.5, 0.6) is 5.75 Å². The number of carbonyl (C=O) groups excluding carboxylic acids is 2. The van der Waals surface area contributed by atoms with Crippen molar-refractivity contribution in [2.24, 2.45) is 0 Å².